The summed E-state index contributed by atoms with van der Waals surface area (Å²) in [4.78, 5) is 4.92. The zero-order valence-corrected chi connectivity index (χ0v) is 15.0. The van der Waals surface area contributed by atoms with Crippen LogP contribution in [0.3, 0.4) is 0 Å². The Morgan fingerprint density at radius 2 is 1.43 bits per heavy atom. The summed E-state index contributed by atoms with van der Waals surface area (Å²) >= 11 is 0. The number of hydrogen-bond acceptors (Lipinski definition) is 4. The van der Waals surface area contributed by atoms with Crippen molar-refractivity contribution in [1.29, 1.82) is 0 Å². The molecule has 2 heterocycles. The summed E-state index contributed by atoms with van der Waals surface area (Å²) in [6.07, 6.45) is 0. The van der Waals surface area contributed by atoms with E-state index in [0.717, 1.165) is 45.0 Å². The smallest absolute Gasteiger partial charge is 0.129 e. The molecule has 5 rings (SSSR count). The lowest BCUT2D eigenvalue weighted by Crippen LogP contribution is -2.09. The van der Waals surface area contributed by atoms with Crippen molar-refractivity contribution in [2.24, 2.45) is 0 Å². The molecule has 0 spiro atoms. The van der Waals surface area contributed by atoms with Gasteiger partial charge in [0.05, 0.1) is 11.4 Å². The van der Waals surface area contributed by atoms with Crippen LogP contribution < -0.4 is 4.74 Å². The summed E-state index contributed by atoms with van der Waals surface area (Å²) in [6, 6.07) is 24.1. The van der Waals surface area contributed by atoms with Gasteiger partial charge in [-0.2, -0.15) is 0 Å². The number of phenolic OH excluding ortho intramolecular Hbond substituents is 2. The minimum Gasteiger partial charge on any atom is -0.508 e. The molecule has 0 radical (unpaired) electrons. The number of rotatable bonds is 2. The fourth-order valence-electron chi connectivity index (χ4n) is 3.62. The molecule has 0 amide bonds. The number of para-hydroxylation sites is 1. The zero-order valence-electron chi connectivity index (χ0n) is 15.0. The lowest BCUT2D eigenvalue weighted by Gasteiger charge is -2.23. The molecule has 0 unspecified atom stereocenters. The van der Waals surface area contributed by atoms with Crippen molar-refractivity contribution in [3.8, 4) is 50.9 Å². The van der Waals surface area contributed by atoms with E-state index in [1.54, 1.807) is 30.3 Å². The van der Waals surface area contributed by atoms with Crippen molar-refractivity contribution in [1.82, 2.24) is 4.98 Å². The fourth-order valence-corrected chi connectivity index (χ4v) is 3.62. The van der Waals surface area contributed by atoms with Crippen LogP contribution in [0, 0.1) is 0 Å². The summed E-state index contributed by atoms with van der Waals surface area (Å²) in [7, 11) is 0. The van der Waals surface area contributed by atoms with Crippen LogP contribution in [-0.2, 0) is 6.61 Å². The predicted molar refractivity (Wildman–Crippen MR) is 108 cm³/mol. The number of aromatic nitrogens is 1. The van der Waals surface area contributed by atoms with Gasteiger partial charge < -0.3 is 14.9 Å². The number of fused-ring (bicyclic) bond motifs is 3. The van der Waals surface area contributed by atoms with Crippen LogP contribution in [0.25, 0.3) is 33.6 Å². The van der Waals surface area contributed by atoms with Crippen LogP contribution in [-0.4, -0.2) is 15.2 Å². The van der Waals surface area contributed by atoms with Crippen LogP contribution in [0.15, 0.2) is 78.9 Å². The summed E-state index contributed by atoms with van der Waals surface area (Å²) in [5.74, 6) is 1.20. The van der Waals surface area contributed by atoms with Crippen LogP contribution in [0.1, 0.15) is 5.56 Å². The van der Waals surface area contributed by atoms with Gasteiger partial charge >= 0.3 is 0 Å². The maximum Gasteiger partial charge on any atom is 0.129 e. The first-order valence-corrected chi connectivity index (χ1v) is 9.04. The van der Waals surface area contributed by atoms with Crippen molar-refractivity contribution in [2.75, 3.05) is 0 Å². The lowest BCUT2D eigenvalue weighted by atomic mass is 9.92. The number of nitrogens with zero attached hydrogens (tertiary/aromatic N) is 1. The van der Waals surface area contributed by atoms with Crippen molar-refractivity contribution in [2.45, 2.75) is 6.61 Å². The van der Waals surface area contributed by atoms with Gasteiger partial charge in [0.15, 0.2) is 0 Å². The number of benzene rings is 3. The minimum absolute atomic E-state index is 0.194. The Labute approximate surface area is 162 Å². The standard InChI is InChI=1S/C24H17NO3/c26-17-7-3-5-15(11-17)20-13-22(16-6-4-8-18(27)12-16)25-24-19-9-1-2-10-23(19)28-14-21(20)24/h1-13,26-27H,14H2. The molecule has 1 aromatic heterocycles. The largest absolute Gasteiger partial charge is 0.508 e. The average Bonchev–Trinajstić information content (AvgIpc) is 2.73. The third kappa shape index (κ3) is 2.76. The highest BCUT2D eigenvalue weighted by atomic mass is 16.5. The van der Waals surface area contributed by atoms with Gasteiger partial charge in [-0.3, -0.25) is 0 Å². The molecule has 0 bridgehead atoms. The highest BCUT2D eigenvalue weighted by Crippen LogP contribution is 2.42. The first-order valence-electron chi connectivity index (χ1n) is 9.04. The van der Waals surface area contributed by atoms with Crippen LogP contribution in [0.2, 0.25) is 0 Å². The van der Waals surface area contributed by atoms with Gasteiger partial charge in [-0.05, 0) is 53.6 Å². The number of pyridine rings is 1. The highest BCUT2D eigenvalue weighted by molar-refractivity contribution is 5.84. The molecule has 0 atom stereocenters. The van der Waals surface area contributed by atoms with E-state index in [1.165, 1.54) is 0 Å². The molecule has 0 fully saturated rings. The lowest BCUT2D eigenvalue weighted by molar-refractivity contribution is 0.302. The van der Waals surface area contributed by atoms with Gasteiger partial charge in [0, 0.05) is 16.7 Å². The molecule has 4 nitrogen and oxygen atoms in total. The molecule has 0 aliphatic carbocycles. The Morgan fingerprint density at radius 1 is 0.714 bits per heavy atom. The zero-order chi connectivity index (χ0) is 19.1. The number of ether oxygens (including phenoxy) is 1. The van der Waals surface area contributed by atoms with Gasteiger partial charge in [0.2, 0.25) is 0 Å². The second-order valence-electron chi connectivity index (χ2n) is 6.77. The number of hydrogen-bond donors (Lipinski definition) is 2. The van der Waals surface area contributed by atoms with Gasteiger partial charge in [-0.1, -0.05) is 36.4 Å². The van der Waals surface area contributed by atoms with E-state index >= 15 is 0 Å². The monoisotopic (exact) mass is 367 g/mol. The van der Waals surface area contributed by atoms with Crippen molar-refractivity contribution in [3.63, 3.8) is 0 Å². The fraction of sp³-hybridized carbons (Fsp3) is 0.0417. The molecule has 2 N–H and O–H groups in total. The third-order valence-corrected chi connectivity index (χ3v) is 4.94. The van der Waals surface area contributed by atoms with Gasteiger partial charge in [-0.25, -0.2) is 4.98 Å². The Morgan fingerprint density at radius 3 is 2.21 bits per heavy atom. The van der Waals surface area contributed by atoms with Crippen LogP contribution in [0.5, 0.6) is 17.2 Å². The maximum absolute atomic E-state index is 9.98. The highest BCUT2D eigenvalue weighted by Gasteiger charge is 2.23. The normalized spacial score (nSPS) is 12.0. The van der Waals surface area contributed by atoms with Gasteiger partial charge in [0.25, 0.3) is 0 Å². The first kappa shape index (κ1) is 16.4. The Kier molecular flexibility index (Phi) is 3.76. The Bertz CT molecular complexity index is 1200. The molecule has 1 aliphatic heterocycles. The van der Waals surface area contributed by atoms with Crippen molar-refractivity contribution in [3.05, 3.63) is 84.4 Å². The quantitative estimate of drug-likeness (QED) is 0.499. The van der Waals surface area contributed by atoms with E-state index in [-0.39, 0.29) is 11.5 Å². The molecule has 1 aliphatic rings. The molecular weight excluding hydrogens is 350 g/mol. The minimum atomic E-state index is 0.194. The van der Waals surface area contributed by atoms with Crippen LogP contribution >= 0.6 is 0 Å². The average molecular weight is 367 g/mol. The van der Waals surface area contributed by atoms with Crippen molar-refractivity contribution < 1.29 is 14.9 Å². The molecule has 4 heteroatoms. The Balaban J connectivity index is 1.81. The van der Waals surface area contributed by atoms with Gasteiger partial charge in [0.1, 0.15) is 23.9 Å². The van der Waals surface area contributed by atoms with Gasteiger partial charge in [-0.15, -0.1) is 0 Å². The summed E-state index contributed by atoms with van der Waals surface area (Å²) < 4.78 is 5.96. The number of aromatic hydroxyl groups is 2. The van der Waals surface area contributed by atoms with E-state index in [1.807, 2.05) is 48.5 Å². The van der Waals surface area contributed by atoms with E-state index < -0.39 is 0 Å². The molecule has 3 aromatic carbocycles. The predicted octanol–water partition coefficient (Wildman–Crippen LogP) is 5.39. The summed E-state index contributed by atoms with van der Waals surface area (Å²) in [6.45, 7) is 0.407. The summed E-state index contributed by atoms with van der Waals surface area (Å²) in [5.41, 5.74) is 6.20. The molecule has 4 aromatic rings. The van der Waals surface area contributed by atoms with E-state index in [0.29, 0.717) is 6.61 Å². The van der Waals surface area contributed by atoms with E-state index in [9.17, 15) is 10.2 Å². The third-order valence-electron chi connectivity index (χ3n) is 4.94. The molecule has 136 valence electrons. The second kappa shape index (κ2) is 6.43. The maximum atomic E-state index is 9.98. The molecular formula is C24H17NO3. The summed E-state index contributed by atoms with van der Waals surface area (Å²) in [5, 5.41) is 19.9. The van der Waals surface area contributed by atoms with Crippen LogP contribution in [0.4, 0.5) is 0 Å². The Hall–Kier alpha value is -3.79. The molecule has 28 heavy (non-hydrogen) atoms. The second-order valence-corrected chi connectivity index (χ2v) is 6.77. The molecule has 0 saturated carbocycles. The first-order chi connectivity index (χ1) is 13.7. The van der Waals surface area contributed by atoms with Crippen molar-refractivity contribution >= 4 is 0 Å². The molecule has 0 saturated heterocycles. The van der Waals surface area contributed by atoms with E-state index in [2.05, 4.69) is 0 Å². The topological polar surface area (TPSA) is 62.6 Å². The SMILES string of the molecule is Oc1cccc(-c2cc(-c3cccc(O)c3)c3c(n2)-c2ccccc2OC3)c1. The van der Waals surface area contributed by atoms with E-state index in [4.69, 9.17) is 9.72 Å². The number of phenols is 2.